The third-order valence-electron chi connectivity index (χ3n) is 5.01. The maximum atomic E-state index is 13.0. The van der Waals surface area contributed by atoms with Crippen LogP contribution in [-0.4, -0.2) is 59.5 Å². The fraction of sp³-hybridized carbons (Fsp3) is 0.478. The monoisotopic (exact) mass is 477 g/mol. The zero-order valence-electron chi connectivity index (χ0n) is 18.1. The molecule has 0 aliphatic rings. The van der Waals surface area contributed by atoms with Crippen LogP contribution in [0.1, 0.15) is 37.9 Å². The second-order valence-corrected chi connectivity index (χ2v) is 8.27. The van der Waals surface area contributed by atoms with Crippen LogP contribution < -0.4 is 0 Å². The summed E-state index contributed by atoms with van der Waals surface area (Å²) >= 11 is 3.47. The number of hydrogen-bond acceptors (Lipinski definition) is 3. The quantitative estimate of drug-likeness (QED) is 0.465. The number of benzene rings is 1. The first-order valence-corrected chi connectivity index (χ1v) is 11.1. The van der Waals surface area contributed by atoms with E-state index in [-0.39, 0.29) is 18.4 Å². The summed E-state index contributed by atoms with van der Waals surface area (Å²) in [5, 5.41) is 0. The van der Waals surface area contributed by atoms with Gasteiger partial charge < -0.3 is 19.1 Å². The Morgan fingerprint density at radius 3 is 2.47 bits per heavy atom. The largest absolute Gasteiger partial charge is 0.383 e. The lowest BCUT2D eigenvalue weighted by molar-refractivity contribution is -0.140. The van der Waals surface area contributed by atoms with E-state index in [1.165, 1.54) is 12.5 Å². The van der Waals surface area contributed by atoms with Crippen LogP contribution in [0.2, 0.25) is 0 Å². The third-order valence-corrected chi connectivity index (χ3v) is 5.54. The molecule has 0 aliphatic carbocycles. The summed E-state index contributed by atoms with van der Waals surface area (Å²) in [4.78, 5) is 28.4. The minimum Gasteiger partial charge on any atom is -0.383 e. The maximum Gasteiger partial charge on any atom is 0.242 e. The molecular formula is C23H32BrN3O3. The van der Waals surface area contributed by atoms with Gasteiger partial charge in [0.15, 0.2) is 0 Å². The highest BCUT2D eigenvalue weighted by Crippen LogP contribution is 2.15. The van der Waals surface area contributed by atoms with Gasteiger partial charge in [-0.15, -0.1) is 0 Å². The van der Waals surface area contributed by atoms with E-state index >= 15 is 0 Å². The number of amides is 2. The first-order valence-electron chi connectivity index (χ1n) is 10.3. The van der Waals surface area contributed by atoms with Gasteiger partial charge in [-0.1, -0.05) is 41.4 Å². The van der Waals surface area contributed by atoms with Crippen molar-refractivity contribution >= 4 is 27.7 Å². The summed E-state index contributed by atoms with van der Waals surface area (Å²) in [5.74, 6) is -0.152. The highest BCUT2D eigenvalue weighted by atomic mass is 79.9. The molecule has 1 heterocycles. The average molecular weight is 478 g/mol. The van der Waals surface area contributed by atoms with E-state index in [0.717, 1.165) is 29.6 Å². The summed E-state index contributed by atoms with van der Waals surface area (Å²) in [6, 6.07) is 12.3. The van der Waals surface area contributed by atoms with E-state index < -0.39 is 0 Å². The van der Waals surface area contributed by atoms with E-state index in [1.54, 1.807) is 12.0 Å². The Balaban J connectivity index is 2.10. The van der Waals surface area contributed by atoms with E-state index in [9.17, 15) is 9.59 Å². The van der Waals surface area contributed by atoms with Gasteiger partial charge in [0.25, 0.3) is 0 Å². The summed E-state index contributed by atoms with van der Waals surface area (Å²) < 4.78 is 8.29. The highest BCUT2D eigenvalue weighted by molar-refractivity contribution is 9.10. The van der Waals surface area contributed by atoms with E-state index in [4.69, 9.17) is 4.74 Å². The number of unbranched alkanes of at least 4 members (excludes halogenated alkanes) is 1. The van der Waals surface area contributed by atoms with Gasteiger partial charge in [0.05, 0.1) is 19.7 Å². The normalized spacial score (nSPS) is 10.8. The SMILES string of the molecule is CCCCN(Cc1cccn1Cc1ccc(Br)cc1)C(=O)CN(CCOC)C(C)=O. The Labute approximate surface area is 187 Å². The lowest BCUT2D eigenvalue weighted by Gasteiger charge is -2.27. The molecule has 1 aromatic heterocycles. The number of nitrogens with zero attached hydrogens (tertiary/aromatic N) is 3. The lowest BCUT2D eigenvalue weighted by atomic mass is 10.2. The first kappa shape index (κ1) is 24.2. The van der Waals surface area contributed by atoms with Crippen LogP contribution in [0.5, 0.6) is 0 Å². The van der Waals surface area contributed by atoms with Gasteiger partial charge in [0, 0.05) is 50.0 Å². The second kappa shape index (κ2) is 12.5. The number of aromatic nitrogens is 1. The Morgan fingerprint density at radius 1 is 1.10 bits per heavy atom. The van der Waals surface area contributed by atoms with Crippen molar-refractivity contribution in [3.63, 3.8) is 0 Å². The molecule has 0 bridgehead atoms. The number of carbonyl (C=O) groups excluding carboxylic acids is 2. The predicted octanol–water partition coefficient (Wildman–Crippen LogP) is 3.92. The molecule has 0 saturated heterocycles. The smallest absolute Gasteiger partial charge is 0.242 e. The van der Waals surface area contributed by atoms with Crippen molar-refractivity contribution in [2.45, 2.75) is 39.8 Å². The molecule has 7 heteroatoms. The Bertz CT molecular complexity index is 804. The van der Waals surface area contributed by atoms with E-state index in [0.29, 0.717) is 26.2 Å². The van der Waals surface area contributed by atoms with Gasteiger partial charge in [-0.25, -0.2) is 0 Å². The van der Waals surface area contributed by atoms with Crippen LogP contribution in [0.3, 0.4) is 0 Å². The molecule has 0 unspecified atom stereocenters. The molecule has 30 heavy (non-hydrogen) atoms. The molecule has 0 aliphatic heterocycles. The third kappa shape index (κ3) is 7.61. The van der Waals surface area contributed by atoms with Crippen molar-refractivity contribution in [1.29, 1.82) is 0 Å². The molecule has 0 atom stereocenters. The standard InChI is InChI=1S/C23H32BrN3O3/c1-4-5-12-27(23(29)18-25(19(2)28)14-15-30-3)17-22-7-6-13-26(22)16-20-8-10-21(24)11-9-20/h6-11,13H,4-5,12,14-18H2,1-3H3. The molecular weight excluding hydrogens is 446 g/mol. The Hall–Kier alpha value is -2.12. The van der Waals surface area contributed by atoms with Gasteiger partial charge in [0.2, 0.25) is 11.8 Å². The molecule has 0 saturated carbocycles. The minimum absolute atomic E-state index is 0.0360. The van der Waals surface area contributed by atoms with Crippen molar-refractivity contribution in [1.82, 2.24) is 14.4 Å². The number of carbonyl (C=O) groups is 2. The molecule has 1 aromatic carbocycles. The molecule has 0 N–H and O–H groups in total. The van der Waals surface area contributed by atoms with Gasteiger partial charge in [-0.2, -0.15) is 0 Å². The van der Waals surface area contributed by atoms with Crippen molar-refractivity contribution in [2.24, 2.45) is 0 Å². The average Bonchev–Trinajstić information content (AvgIpc) is 3.16. The number of rotatable bonds is 12. The van der Waals surface area contributed by atoms with Crippen molar-refractivity contribution in [3.05, 3.63) is 58.3 Å². The highest BCUT2D eigenvalue weighted by Gasteiger charge is 2.20. The predicted molar refractivity (Wildman–Crippen MR) is 122 cm³/mol. The molecule has 2 aromatic rings. The molecule has 0 fully saturated rings. The fourth-order valence-corrected chi connectivity index (χ4v) is 3.45. The van der Waals surface area contributed by atoms with Crippen molar-refractivity contribution in [2.75, 3.05) is 33.4 Å². The number of methoxy groups -OCH3 is 1. The summed E-state index contributed by atoms with van der Waals surface area (Å²) in [6.45, 7) is 6.46. The second-order valence-electron chi connectivity index (χ2n) is 7.36. The number of ether oxygens (including phenoxy) is 1. The zero-order valence-corrected chi connectivity index (χ0v) is 19.7. The van der Waals surface area contributed by atoms with Gasteiger partial charge in [-0.3, -0.25) is 9.59 Å². The van der Waals surface area contributed by atoms with Gasteiger partial charge in [0.1, 0.15) is 0 Å². The van der Waals surface area contributed by atoms with Crippen LogP contribution in [0.25, 0.3) is 0 Å². The number of hydrogen-bond donors (Lipinski definition) is 0. The van der Waals surface area contributed by atoms with Gasteiger partial charge in [-0.05, 0) is 36.2 Å². The van der Waals surface area contributed by atoms with Crippen LogP contribution >= 0.6 is 15.9 Å². The zero-order chi connectivity index (χ0) is 21.9. The summed E-state index contributed by atoms with van der Waals surface area (Å²) in [6.07, 6.45) is 3.97. The van der Waals surface area contributed by atoms with Crippen molar-refractivity contribution < 1.29 is 14.3 Å². The molecule has 0 radical (unpaired) electrons. The Morgan fingerprint density at radius 2 is 1.83 bits per heavy atom. The van der Waals surface area contributed by atoms with Crippen LogP contribution in [0, 0.1) is 0 Å². The fourth-order valence-electron chi connectivity index (χ4n) is 3.18. The molecule has 6 nitrogen and oxygen atoms in total. The first-order chi connectivity index (χ1) is 14.4. The van der Waals surface area contributed by atoms with Crippen LogP contribution in [-0.2, 0) is 27.4 Å². The molecule has 2 amide bonds. The molecule has 0 spiro atoms. The number of halogens is 1. The summed E-state index contributed by atoms with van der Waals surface area (Å²) in [5.41, 5.74) is 2.28. The maximum absolute atomic E-state index is 13.0. The van der Waals surface area contributed by atoms with Crippen LogP contribution in [0.4, 0.5) is 0 Å². The Kier molecular flexibility index (Phi) is 10.1. The van der Waals surface area contributed by atoms with Crippen LogP contribution in [0.15, 0.2) is 47.1 Å². The van der Waals surface area contributed by atoms with E-state index in [1.807, 2.05) is 29.3 Å². The van der Waals surface area contributed by atoms with Gasteiger partial charge >= 0.3 is 0 Å². The molecule has 164 valence electrons. The topological polar surface area (TPSA) is 54.8 Å². The molecule has 2 rings (SSSR count). The minimum atomic E-state index is -0.116. The van der Waals surface area contributed by atoms with Crippen molar-refractivity contribution in [3.8, 4) is 0 Å². The summed E-state index contributed by atoms with van der Waals surface area (Å²) in [7, 11) is 1.59. The van der Waals surface area contributed by atoms with E-state index in [2.05, 4.69) is 45.6 Å². The lowest BCUT2D eigenvalue weighted by Crippen LogP contribution is -2.43.